The van der Waals surface area contributed by atoms with Crippen LogP contribution in [0.5, 0.6) is 0 Å². The molecule has 7 nitrogen and oxygen atoms in total. The number of hydrogen-bond acceptors (Lipinski definition) is 4. The Kier molecular flexibility index (Phi) is 6.73. The zero-order valence-corrected chi connectivity index (χ0v) is 14.7. The summed E-state index contributed by atoms with van der Waals surface area (Å²) in [6.07, 6.45) is 4.16. The number of carbonyl (C=O) groups is 3. The molecule has 1 aromatic carbocycles. The zero-order valence-electron chi connectivity index (χ0n) is 14.7. The predicted molar refractivity (Wildman–Crippen MR) is 97.8 cm³/mol. The number of carbonyl (C=O) groups excluding carboxylic acids is 3. The van der Waals surface area contributed by atoms with Crippen LogP contribution in [0.2, 0.25) is 0 Å². The van der Waals surface area contributed by atoms with E-state index < -0.39 is 11.8 Å². The minimum atomic E-state index is -0.505. The van der Waals surface area contributed by atoms with Gasteiger partial charge in [0.1, 0.15) is 5.76 Å². The van der Waals surface area contributed by atoms with Crippen molar-refractivity contribution in [3.63, 3.8) is 0 Å². The van der Waals surface area contributed by atoms with Crippen molar-refractivity contribution in [3.05, 3.63) is 59.6 Å². The summed E-state index contributed by atoms with van der Waals surface area (Å²) < 4.78 is 5.04. The third-order valence-electron chi connectivity index (χ3n) is 3.50. The van der Waals surface area contributed by atoms with Crippen LogP contribution in [0.1, 0.15) is 29.7 Å². The average Bonchev–Trinajstić information content (AvgIpc) is 3.12. The van der Waals surface area contributed by atoms with Gasteiger partial charge in [0.15, 0.2) is 0 Å². The molecule has 7 heteroatoms. The van der Waals surface area contributed by atoms with Gasteiger partial charge in [0, 0.05) is 24.6 Å². The van der Waals surface area contributed by atoms with Gasteiger partial charge in [-0.15, -0.1) is 0 Å². The monoisotopic (exact) mass is 355 g/mol. The molecule has 0 aliphatic rings. The second kappa shape index (κ2) is 9.22. The summed E-state index contributed by atoms with van der Waals surface area (Å²) in [6, 6.07) is 9.09. The fourth-order valence-electron chi connectivity index (χ4n) is 2.17. The lowest BCUT2D eigenvalue weighted by Crippen LogP contribution is -2.41. The van der Waals surface area contributed by atoms with E-state index in [1.165, 1.54) is 18.4 Å². The molecule has 1 aromatic heterocycles. The topological polar surface area (TPSA) is 100 Å². The van der Waals surface area contributed by atoms with Gasteiger partial charge in [-0.2, -0.15) is 0 Å². The Morgan fingerprint density at radius 1 is 1.04 bits per heavy atom. The van der Waals surface area contributed by atoms with Crippen LogP contribution in [0, 0.1) is 13.8 Å². The Hall–Kier alpha value is -3.35. The fraction of sp³-hybridized carbons (Fsp3) is 0.211. The van der Waals surface area contributed by atoms with Crippen molar-refractivity contribution in [2.75, 3.05) is 5.32 Å². The maximum absolute atomic E-state index is 11.9. The Morgan fingerprint density at radius 3 is 2.50 bits per heavy atom. The van der Waals surface area contributed by atoms with E-state index in [0.717, 1.165) is 16.8 Å². The first-order chi connectivity index (χ1) is 12.4. The number of hydrazine groups is 1. The molecule has 0 atom stereocenters. The molecule has 0 spiro atoms. The summed E-state index contributed by atoms with van der Waals surface area (Å²) in [6.45, 7) is 3.88. The molecule has 0 radical (unpaired) electrons. The number of benzene rings is 1. The fourth-order valence-corrected chi connectivity index (χ4v) is 2.17. The van der Waals surface area contributed by atoms with Gasteiger partial charge in [0.2, 0.25) is 11.8 Å². The molecule has 0 aliphatic heterocycles. The first kappa shape index (κ1) is 19.0. The van der Waals surface area contributed by atoms with Gasteiger partial charge in [0.05, 0.1) is 6.26 Å². The lowest BCUT2D eigenvalue weighted by atomic mass is 10.1. The molecule has 0 aliphatic carbocycles. The van der Waals surface area contributed by atoms with E-state index in [1.54, 1.807) is 12.1 Å². The summed E-state index contributed by atoms with van der Waals surface area (Å²) in [4.78, 5) is 35.2. The quantitative estimate of drug-likeness (QED) is 0.547. The van der Waals surface area contributed by atoms with E-state index in [0.29, 0.717) is 5.76 Å². The van der Waals surface area contributed by atoms with E-state index in [2.05, 4.69) is 16.2 Å². The average molecular weight is 355 g/mol. The van der Waals surface area contributed by atoms with Crippen molar-refractivity contribution in [1.82, 2.24) is 10.9 Å². The molecule has 1 heterocycles. The standard InChI is InChI=1S/C19H21N3O4/c1-13-5-7-16(14(2)12-13)20-17(23)9-10-19(25)22-21-18(24)8-6-15-4-3-11-26-15/h3-8,11-12H,9-10H2,1-2H3,(H,20,23)(H,21,24)(H,22,25). The maximum atomic E-state index is 11.9. The van der Waals surface area contributed by atoms with Crippen molar-refractivity contribution in [1.29, 1.82) is 0 Å². The van der Waals surface area contributed by atoms with E-state index in [4.69, 9.17) is 4.42 Å². The van der Waals surface area contributed by atoms with Crippen molar-refractivity contribution >= 4 is 29.5 Å². The second-order valence-electron chi connectivity index (χ2n) is 5.75. The van der Waals surface area contributed by atoms with Crippen molar-refractivity contribution in [3.8, 4) is 0 Å². The van der Waals surface area contributed by atoms with Crippen LogP contribution < -0.4 is 16.2 Å². The smallest absolute Gasteiger partial charge is 0.262 e. The summed E-state index contributed by atoms with van der Waals surface area (Å²) >= 11 is 0. The third-order valence-corrected chi connectivity index (χ3v) is 3.50. The number of furan rings is 1. The Labute approximate surface area is 151 Å². The van der Waals surface area contributed by atoms with E-state index >= 15 is 0 Å². The highest BCUT2D eigenvalue weighted by Gasteiger charge is 2.09. The Morgan fingerprint density at radius 2 is 1.81 bits per heavy atom. The Bertz CT molecular complexity index is 810. The first-order valence-corrected chi connectivity index (χ1v) is 8.11. The molecule has 136 valence electrons. The lowest BCUT2D eigenvalue weighted by molar-refractivity contribution is -0.128. The lowest BCUT2D eigenvalue weighted by Gasteiger charge is -2.09. The molecule has 0 saturated carbocycles. The molecule has 0 bridgehead atoms. The molecule has 3 amide bonds. The summed E-state index contributed by atoms with van der Waals surface area (Å²) in [5.74, 6) is -0.708. The first-order valence-electron chi connectivity index (χ1n) is 8.11. The largest absolute Gasteiger partial charge is 0.465 e. The van der Waals surface area contributed by atoms with Gasteiger partial charge >= 0.3 is 0 Å². The highest BCUT2D eigenvalue weighted by atomic mass is 16.3. The van der Waals surface area contributed by atoms with Crippen LogP contribution in [0.25, 0.3) is 6.08 Å². The molecule has 2 aromatic rings. The highest BCUT2D eigenvalue weighted by Crippen LogP contribution is 2.16. The van der Waals surface area contributed by atoms with Crippen LogP contribution in [-0.2, 0) is 14.4 Å². The van der Waals surface area contributed by atoms with Crippen LogP contribution in [0.3, 0.4) is 0 Å². The highest BCUT2D eigenvalue weighted by molar-refractivity contribution is 5.95. The summed E-state index contributed by atoms with van der Waals surface area (Å²) in [5, 5.41) is 2.77. The number of anilines is 1. The van der Waals surface area contributed by atoms with Crippen molar-refractivity contribution < 1.29 is 18.8 Å². The molecule has 0 fully saturated rings. The van der Waals surface area contributed by atoms with Gasteiger partial charge < -0.3 is 9.73 Å². The van der Waals surface area contributed by atoms with Crippen LogP contribution in [0.15, 0.2) is 47.1 Å². The number of hydrogen-bond donors (Lipinski definition) is 3. The van der Waals surface area contributed by atoms with E-state index in [9.17, 15) is 14.4 Å². The van der Waals surface area contributed by atoms with Crippen LogP contribution >= 0.6 is 0 Å². The molecule has 0 unspecified atom stereocenters. The molecular formula is C19H21N3O4. The van der Waals surface area contributed by atoms with Gasteiger partial charge in [-0.25, -0.2) is 0 Å². The zero-order chi connectivity index (χ0) is 18.9. The van der Waals surface area contributed by atoms with Gasteiger partial charge in [0.25, 0.3) is 5.91 Å². The van der Waals surface area contributed by atoms with Crippen LogP contribution in [0.4, 0.5) is 5.69 Å². The molecule has 26 heavy (non-hydrogen) atoms. The third kappa shape index (κ3) is 6.27. The SMILES string of the molecule is Cc1ccc(NC(=O)CCC(=O)NNC(=O)C=Cc2ccco2)c(C)c1. The van der Waals surface area contributed by atoms with Crippen LogP contribution in [-0.4, -0.2) is 17.7 Å². The van der Waals surface area contributed by atoms with Gasteiger partial charge in [-0.1, -0.05) is 17.7 Å². The molecule has 0 saturated heterocycles. The van der Waals surface area contributed by atoms with Gasteiger partial charge in [-0.05, 0) is 43.7 Å². The second-order valence-corrected chi connectivity index (χ2v) is 5.75. The number of rotatable bonds is 6. The Balaban J connectivity index is 1.69. The van der Waals surface area contributed by atoms with Crippen molar-refractivity contribution in [2.24, 2.45) is 0 Å². The van der Waals surface area contributed by atoms with E-state index in [1.807, 2.05) is 32.0 Å². The van der Waals surface area contributed by atoms with E-state index in [-0.39, 0.29) is 18.7 Å². The molecular weight excluding hydrogens is 334 g/mol. The number of amides is 3. The maximum Gasteiger partial charge on any atom is 0.262 e. The number of aryl methyl sites for hydroxylation is 2. The summed E-state index contributed by atoms with van der Waals surface area (Å²) in [5.41, 5.74) is 7.27. The van der Waals surface area contributed by atoms with Gasteiger partial charge in [-0.3, -0.25) is 25.2 Å². The predicted octanol–water partition coefficient (Wildman–Crippen LogP) is 2.48. The molecule has 2 rings (SSSR count). The number of nitrogens with one attached hydrogen (secondary N) is 3. The minimum absolute atomic E-state index is 0.0112. The normalized spacial score (nSPS) is 10.5. The van der Waals surface area contributed by atoms with Crippen molar-refractivity contribution in [2.45, 2.75) is 26.7 Å². The summed E-state index contributed by atoms with van der Waals surface area (Å²) in [7, 11) is 0. The minimum Gasteiger partial charge on any atom is -0.465 e. The molecule has 3 N–H and O–H groups in total.